The molecule has 2 saturated heterocycles. The van der Waals surface area contributed by atoms with Gasteiger partial charge in [-0.2, -0.15) is 5.10 Å². The van der Waals surface area contributed by atoms with Crippen molar-refractivity contribution in [3.8, 4) is 0 Å². The molecule has 0 radical (unpaired) electrons. The SMILES string of the molecule is O=C(C1OCCO1)N1CCC(c2n[nH]c(=O)[nH]2)CC1. The number of aromatic nitrogens is 3. The molecule has 0 bridgehead atoms. The number of nitrogens with zero attached hydrogens (tertiary/aromatic N) is 2. The Morgan fingerprint density at radius 3 is 2.53 bits per heavy atom. The summed E-state index contributed by atoms with van der Waals surface area (Å²) in [7, 11) is 0. The summed E-state index contributed by atoms with van der Waals surface area (Å²) in [4.78, 5) is 27.5. The molecule has 1 aromatic heterocycles. The van der Waals surface area contributed by atoms with Gasteiger partial charge in [-0.05, 0) is 12.8 Å². The third-order valence-corrected chi connectivity index (χ3v) is 3.54. The number of carbonyl (C=O) groups is 1. The standard InChI is InChI=1S/C11H16N4O4/c16-9(10-18-5-6-19-10)15-3-1-7(2-4-15)8-12-11(17)14-13-8/h7,10H,1-6H2,(H2,12,13,14,17). The Bertz CT molecular complexity index is 497. The van der Waals surface area contributed by atoms with Gasteiger partial charge in [0.25, 0.3) is 5.91 Å². The number of piperidine rings is 1. The highest BCUT2D eigenvalue weighted by atomic mass is 16.7. The van der Waals surface area contributed by atoms with Crippen molar-refractivity contribution in [1.82, 2.24) is 20.1 Å². The van der Waals surface area contributed by atoms with Crippen LogP contribution in [0.25, 0.3) is 0 Å². The van der Waals surface area contributed by atoms with Gasteiger partial charge in [0.1, 0.15) is 5.82 Å². The summed E-state index contributed by atoms with van der Waals surface area (Å²) in [6, 6.07) is 0. The van der Waals surface area contributed by atoms with Crippen LogP contribution in [0.1, 0.15) is 24.6 Å². The van der Waals surface area contributed by atoms with E-state index in [0.717, 1.165) is 12.8 Å². The molecule has 0 unspecified atom stereocenters. The van der Waals surface area contributed by atoms with Gasteiger partial charge in [0.2, 0.25) is 6.29 Å². The Balaban J connectivity index is 1.57. The fraction of sp³-hybridized carbons (Fsp3) is 0.727. The lowest BCUT2D eigenvalue weighted by atomic mass is 9.96. The molecule has 2 N–H and O–H groups in total. The molecule has 1 amide bonds. The molecular weight excluding hydrogens is 252 g/mol. The first-order valence-corrected chi connectivity index (χ1v) is 6.40. The van der Waals surface area contributed by atoms with E-state index in [1.54, 1.807) is 4.90 Å². The van der Waals surface area contributed by atoms with E-state index < -0.39 is 6.29 Å². The fourth-order valence-corrected chi connectivity index (χ4v) is 2.50. The number of H-pyrrole nitrogens is 2. The van der Waals surface area contributed by atoms with Crippen molar-refractivity contribution < 1.29 is 14.3 Å². The predicted octanol–water partition coefficient (Wildman–Crippen LogP) is -0.823. The number of carbonyl (C=O) groups excluding carboxylic acids is 1. The Hall–Kier alpha value is -1.67. The van der Waals surface area contributed by atoms with Crippen LogP contribution in [0.3, 0.4) is 0 Å². The van der Waals surface area contributed by atoms with E-state index in [9.17, 15) is 9.59 Å². The minimum Gasteiger partial charge on any atom is -0.342 e. The van der Waals surface area contributed by atoms with Crippen LogP contribution in [0.4, 0.5) is 0 Å². The van der Waals surface area contributed by atoms with Crippen LogP contribution in [-0.2, 0) is 14.3 Å². The van der Waals surface area contributed by atoms with Gasteiger partial charge in [-0.15, -0.1) is 0 Å². The fourth-order valence-electron chi connectivity index (χ4n) is 2.50. The normalized spacial score (nSPS) is 22.0. The number of rotatable bonds is 2. The van der Waals surface area contributed by atoms with Gasteiger partial charge < -0.3 is 14.4 Å². The van der Waals surface area contributed by atoms with Crippen LogP contribution in [-0.4, -0.2) is 58.6 Å². The first kappa shape index (κ1) is 12.4. The third kappa shape index (κ3) is 2.54. The van der Waals surface area contributed by atoms with E-state index >= 15 is 0 Å². The van der Waals surface area contributed by atoms with Crippen molar-refractivity contribution in [3.63, 3.8) is 0 Å². The van der Waals surface area contributed by atoms with Crippen LogP contribution < -0.4 is 5.69 Å². The summed E-state index contributed by atoms with van der Waals surface area (Å²) in [5.74, 6) is 0.755. The van der Waals surface area contributed by atoms with Crippen molar-refractivity contribution in [1.29, 1.82) is 0 Å². The Kier molecular flexibility index (Phi) is 3.34. The average molecular weight is 268 g/mol. The maximum Gasteiger partial charge on any atom is 0.340 e. The van der Waals surface area contributed by atoms with Crippen LogP contribution >= 0.6 is 0 Å². The van der Waals surface area contributed by atoms with Crippen molar-refractivity contribution in [2.75, 3.05) is 26.3 Å². The molecule has 1 aromatic rings. The van der Waals surface area contributed by atoms with E-state index in [1.807, 2.05) is 0 Å². The molecule has 2 fully saturated rings. The number of hydrogen-bond acceptors (Lipinski definition) is 5. The predicted molar refractivity (Wildman–Crippen MR) is 63.5 cm³/mol. The minimum atomic E-state index is -0.734. The molecule has 3 rings (SSSR count). The van der Waals surface area contributed by atoms with Gasteiger partial charge in [0.05, 0.1) is 13.2 Å². The summed E-state index contributed by atoms with van der Waals surface area (Å²) in [5, 5.41) is 6.30. The lowest BCUT2D eigenvalue weighted by Gasteiger charge is -2.31. The first-order valence-electron chi connectivity index (χ1n) is 6.40. The molecule has 0 aliphatic carbocycles. The summed E-state index contributed by atoms with van der Waals surface area (Å²) in [6.07, 6.45) is 0.820. The lowest BCUT2D eigenvalue weighted by Crippen LogP contribution is -2.44. The average Bonchev–Trinajstić information content (AvgIpc) is 3.09. The Morgan fingerprint density at radius 2 is 1.95 bits per heavy atom. The Morgan fingerprint density at radius 1 is 1.26 bits per heavy atom. The molecule has 3 heterocycles. The van der Waals surface area contributed by atoms with Crippen LogP contribution in [0.2, 0.25) is 0 Å². The number of likely N-dealkylation sites (tertiary alicyclic amines) is 1. The minimum absolute atomic E-state index is 0.105. The van der Waals surface area contributed by atoms with Crippen molar-refractivity contribution in [3.05, 3.63) is 16.3 Å². The first-order chi connectivity index (χ1) is 9.24. The van der Waals surface area contributed by atoms with E-state index in [4.69, 9.17) is 9.47 Å². The molecule has 2 aliphatic rings. The highest BCUT2D eigenvalue weighted by molar-refractivity contribution is 5.79. The molecule has 0 aromatic carbocycles. The second kappa shape index (κ2) is 5.14. The third-order valence-electron chi connectivity index (χ3n) is 3.54. The van der Waals surface area contributed by atoms with Crippen molar-refractivity contribution >= 4 is 5.91 Å². The summed E-state index contributed by atoms with van der Waals surface area (Å²) >= 11 is 0. The molecule has 8 heteroatoms. The highest BCUT2D eigenvalue weighted by Crippen LogP contribution is 2.25. The molecule has 19 heavy (non-hydrogen) atoms. The maximum absolute atomic E-state index is 12.0. The quantitative estimate of drug-likeness (QED) is 0.729. The van der Waals surface area contributed by atoms with Gasteiger partial charge >= 0.3 is 5.69 Å². The number of amides is 1. The molecular formula is C11H16N4O4. The molecule has 2 aliphatic heterocycles. The lowest BCUT2D eigenvalue weighted by molar-refractivity contribution is -0.159. The number of aromatic amines is 2. The maximum atomic E-state index is 12.0. The van der Waals surface area contributed by atoms with Crippen LogP contribution in [0.5, 0.6) is 0 Å². The van der Waals surface area contributed by atoms with Gasteiger partial charge in [-0.1, -0.05) is 0 Å². The summed E-state index contributed by atoms with van der Waals surface area (Å²) in [5.41, 5.74) is -0.290. The van der Waals surface area contributed by atoms with Gasteiger partial charge in [0.15, 0.2) is 0 Å². The topological polar surface area (TPSA) is 100 Å². The van der Waals surface area contributed by atoms with E-state index in [1.165, 1.54) is 0 Å². The monoisotopic (exact) mass is 268 g/mol. The smallest absolute Gasteiger partial charge is 0.340 e. The zero-order valence-electron chi connectivity index (χ0n) is 10.4. The molecule has 0 saturated carbocycles. The summed E-state index contributed by atoms with van der Waals surface area (Å²) < 4.78 is 10.4. The van der Waals surface area contributed by atoms with Crippen LogP contribution in [0.15, 0.2) is 4.79 Å². The van der Waals surface area contributed by atoms with E-state index in [2.05, 4.69) is 15.2 Å². The van der Waals surface area contributed by atoms with Gasteiger partial charge in [-0.3, -0.25) is 9.78 Å². The molecule has 0 atom stereocenters. The van der Waals surface area contributed by atoms with E-state index in [0.29, 0.717) is 32.1 Å². The van der Waals surface area contributed by atoms with Crippen LogP contribution in [0, 0.1) is 0 Å². The van der Waals surface area contributed by atoms with Crippen molar-refractivity contribution in [2.24, 2.45) is 0 Å². The number of ether oxygens (including phenoxy) is 2. The zero-order chi connectivity index (χ0) is 13.2. The van der Waals surface area contributed by atoms with Gasteiger partial charge in [-0.25, -0.2) is 9.89 Å². The van der Waals surface area contributed by atoms with E-state index in [-0.39, 0.29) is 17.5 Å². The highest BCUT2D eigenvalue weighted by Gasteiger charge is 2.32. The summed E-state index contributed by atoms with van der Waals surface area (Å²) in [6.45, 7) is 2.20. The zero-order valence-corrected chi connectivity index (χ0v) is 10.4. The number of hydrogen-bond donors (Lipinski definition) is 2. The second-order valence-electron chi connectivity index (χ2n) is 4.74. The molecule has 104 valence electrons. The van der Waals surface area contributed by atoms with Crippen molar-refractivity contribution in [2.45, 2.75) is 25.0 Å². The second-order valence-corrected chi connectivity index (χ2v) is 4.74. The Labute approximate surface area is 109 Å². The molecule has 8 nitrogen and oxygen atoms in total. The van der Waals surface area contributed by atoms with Gasteiger partial charge in [0, 0.05) is 19.0 Å². The molecule has 0 spiro atoms. The largest absolute Gasteiger partial charge is 0.342 e. The number of nitrogens with one attached hydrogen (secondary N) is 2.